The molecule has 0 bridgehead atoms. The normalized spacial score (nSPS) is 26.1. The van der Waals surface area contributed by atoms with E-state index >= 15 is 0 Å². The quantitative estimate of drug-likeness (QED) is 0.708. The zero-order valence-corrected chi connectivity index (χ0v) is 16.8. The minimum atomic E-state index is -3.23. The Morgan fingerprint density at radius 3 is 2.61 bits per heavy atom. The molecule has 3 rings (SSSR count). The van der Waals surface area contributed by atoms with Gasteiger partial charge in [-0.15, -0.1) is 0 Å². The van der Waals surface area contributed by atoms with E-state index in [0.717, 1.165) is 31.8 Å². The van der Waals surface area contributed by atoms with Crippen LogP contribution in [0.4, 0.5) is 14.8 Å². The molecule has 1 heterocycles. The molecule has 0 aromatic carbocycles. The van der Waals surface area contributed by atoms with E-state index in [1.807, 2.05) is 0 Å². The lowest BCUT2D eigenvalue weighted by Crippen LogP contribution is -2.37. The third kappa shape index (κ3) is 5.16. The predicted octanol–water partition coefficient (Wildman–Crippen LogP) is 3.35. The van der Waals surface area contributed by atoms with E-state index < -0.39 is 27.3 Å². The lowest BCUT2D eigenvalue weighted by Gasteiger charge is -2.28. The Labute approximate surface area is 163 Å². The van der Waals surface area contributed by atoms with Crippen LogP contribution < -0.4 is 10.0 Å². The summed E-state index contributed by atoms with van der Waals surface area (Å²) in [5, 5.41) is 6.59. The minimum absolute atomic E-state index is 0.112. The van der Waals surface area contributed by atoms with E-state index in [4.69, 9.17) is 4.52 Å². The third-order valence-corrected chi connectivity index (χ3v) is 7.03. The Morgan fingerprint density at radius 2 is 1.96 bits per heavy atom. The molecule has 2 aliphatic rings. The first-order valence-electron chi connectivity index (χ1n) is 9.54. The summed E-state index contributed by atoms with van der Waals surface area (Å²) >= 11 is 0. The fraction of sp³-hybridized carbons (Fsp3) is 0.667. The molecule has 0 aliphatic heterocycles. The molecule has 0 spiro atoms. The Balaban J connectivity index is 1.48. The standard InChI is InChI=1S/C18H26F2N4O3S/c1-11(2)28(25,26)21-10-12-3-6-14(7-4-12)22-18-23-17(24-27-18)13-5-8-15(19)16(20)9-13/h5,8,11-12,14,16,21H,3-4,6-7,9-10H2,1-2H3,(H,22,23,24). The molecule has 10 heteroatoms. The van der Waals surface area contributed by atoms with Crippen molar-refractivity contribution >= 4 is 21.6 Å². The van der Waals surface area contributed by atoms with Gasteiger partial charge in [0.1, 0.15) is 5.83 Å². The van der Waals surface area contributed by atoms with Crippen molar-refractivity contribution in [3.8, 4) is 0 Å². The maximum atomic E-state index is 13.5. The largest absolute Gasteiger partial charge is 0.335 e. The number of anilines is 1. The first kappa shape index (κ1) is 20.9. The second kappa shape index (κ2) is 8.69. The summed E-state index contributed by atoms with van der Waals surface area (Å²) in [4.78, 5) is 4.23. The summed E-state index contributed by atoms with van der Waals surface area (Å²) in [7, 11) is -3.23. The van der Waals surface area contributed by atoms with Crippen molar-refractivity contribution in [1.82, 2.24) is 14.9 Å². The highest BCUT2D eigenvalue weighted by molar-refractivity contribution is 7.90. The van der Waals surface area contributed by atoms with Gasteiger partial charge in [0.2, 0.25) is 10.0 Å². The minimum Gasteiger partial charge on any atom is -0.335 e. The van der Waals surface area contributed by atoms with Gasteiger partial charge in [-0.2, -0.15) is 4.98 Å². The molecule has 28 heavy (non-hydrogen) atoms. The molecular formula is C18H26F2N4O3S. The van der Waals surface area contributed by atoms with Crippen LogP contribution >= 0.6 is 0 Å². The number of rotatable bonds is 7. The molecule has 1 atom stereocenters. The van der Waals surface area contributed by atoms with Crippen LogP contribution in [-0.2, 0) is 10.0 Å². The van der Waals surface area contributed by atoms with E-state index in [1.165, 1.54) is 6.08 Å². The number of halogens is 2. The van der Waals surface area contributed by atoms with Gasteiger partial charge in [-0.25, -0.2) is 21.9 Å². The van der Waals surface area contributed by atoms with Gasteiger partial charge in [0, 0.05) is 24.6 Å². The van der Waals surface area contributed by atoms with Crippen LogP contribution in [-0.4, -0.2) is 42.6 Å². The van der Waals surface area contributed by atoms with Crippen LogP contribution in [0.15, 0.2) is 22.5 Å². The molecule has 1 unspecified atom stereocenters. The molecule has 0 amide bonds. The number of aromatic nitrogens is 2. The molecule has 1 aromatic rings. The molecule has 2 N–H and O–H groups in total. The van der Waals surface area contributed by atoms with Crippen LogP contribution in [0.3, 0.4) is 0 Å². The Hall–Kier alpha value is -1.81. The van der Waals surface area contributed by atoms with Gasteiger partial charge in [0.05, 0.1) is 5.25 Å². The Kier molecular flexibility index (Phi) is 6.49. The number of nitrogens with zero attached hydrogens (tertiary/aromatic N) is 2. The van der Waals surface area contributed by atoms with E-state index in [1.54, 1.807) is 13.8 Å². The molecule has 156 valence electrons. The fourth-order valence-corrected chi connectivity index (χ4v) is 4.11. The van der Waals surface area contributed by atoms with Crippen LogP contribution in [0.1, 0.15) is 51.8 Å². The molecule has 0 radical (unpaired) electrons. The van der Waals surface area contributed by atoms with Crippen molar-refractivity contribution < 1.29 is 21.7 Å². The fourth-order valence-electron chi connectivity index (χ4n) is 3.31. The maximum absolute atomic E-state index is 13.5. The lowest BCUT2D eigenvalue weighted by molar-refractivity contribution is 0.327. The Bertz CT molecular complexity index is 843. The SMILES string of the molecule is CC(C)S(=O)(=O)NCC1CCC(Nc2nc(C3=CC=C(F)C(F)C3)no2)CC1. The number of nitrogens with one attached hydrogen (secondary N) is 2. The highest BCUT2D eigenvalue weighted by Gasteiger charge is 2.26. The zero-order chi connectivity index (χ0) is 20.3. The summed E-state index contributed by atoms with van der Waals surface area (Å²) in [5.74, 6) is -0.232. The van der Waals surface area contributed by atoms with Gasteiger partial charge in [0.25, 0.3) is 0 Å². The zero-order valence-electron chi connectivity index (χ0n) is 16.0. The van der Waals surface area contributed by atoms with Crippen LogP contribution in [0.5, 0.6) is 0 Å². The second-order valence-corrected chi connectivity index (χ2v) is 9.96. The first-order valence-corrected chi connectivity index (χ1v) is 11.1. The molecule has 7 nitrogen and oxygen atoms in total. The topological polar surface area (TPSA) is 97.1 Å². The summed E-state index contributed by atoms with van der Waals surface area (Å²) < 4.78 is 58.1. The van der Waals surface area contributed by atoms with Crippen molar-refractivity contribution in [3.05, 3.63) is 23.8 Å². The Morgan fingerprint density at radius 1 is 1.25 bits per heavy atom. The highest BCUT2D eigenvalue weighted by atomic mass is 32.2. The first-order chi connectivity index (χ1) is 13.2. The van der Waals surface area contributed by atoms with Crippen molar-refractivity contribution in [3.63, 3.8) is 0 Å². The second-order valence-electron chi connectivity index (χ2n) is 7.64. The van der Waals surface area contributed by atoms with Gasteiger partial charge in [-0.1, -0.05) is 11.2 Å². The number of hydrogen-bond donors (Lipinski definition) is 2. The average molecular weight is 416 g/mol. The average Bonchev–Trinajstić information content (AvgIpc) is 3.12. The van der Waals surface area contributed by atoms with Crippen LogP contribution in [0.2, 0.25) is 0 Å². The maximum Gasteiger partial charge on any atom is 0.321 e. The predicted molar refractivity (Wildman–Crippen MR) is 102 cm³/mol. The van der Waals surface area contributed by atoms with E-state index in [-0.39, 0.29) is 24.3 Å². The third-order valence-electron chi connectivity index (χ3n) is 5.22. The highest BCUT2D eigenvalue weighted by Crippen LogP contribution is 2.30. The van der Waals surface area contributed by atoms with Crippen LogP contribution in [0.25, 0.3) is 5.57 Å². The van der Waals surface area contributed by atoms with Crippen molar-refractivity contribution in [2.24, 2.45) is 5.92 Å². The molecule has 0 saturated heterocycles. The monoisotopic (exact) mass is 416 g/mol. The van der Waals surface area contributed by atoms with E-state index in [2.05, 4.69) is 20.2 Å². The number of alkyl halides is 1. The summed E-state index contributed by atoms with van der Waals surface area (Å²) in [6.07, 6.45) is 4.25. The van der Waals surface area contributed by atoms with Gasteiger partial charge >= 0.3 is 6.01 Å². The van der Waals surface area contributed by atoms with Crippen LogP contribution in [0, 0.1) is 5.92 Å². The van der Waals surface area contributed by atoms with E-state index in [9.17, 15) is 17.2 Å². The molecule has 1 saturated carbocycles. The van der Waals surface area contributed by atoms with Gasteiger partial charge < -0.3 is 9.84 Å². The summed E-state index contributed by atoms with van der Waals surface area (Å²) in [6, 6.07) is 0.406. The van der Waals surface area contributed by atoms with Crippen molar-refractivity contribution in [2.75, 3.05) is 11.9 Å². The van der Waals surface area contributed by atoms with Gasteiger partial charge in [-0.05, 0) is 51.5 Å². The molecule has 1 fully saturated rings. The summed E-state index contributed by atoms with van der Waals surface area (Å²) in [6.45, 7) is 3.78. The van der Waals surface area contributed by atoms with Crippen molar-refractivity contribution in [1.29, 1.82) is 0 Å². The lowest BCUT2D eigenvalue weighted by atomic mass is 9.86. The number of allylic oxidation sites excluding steroid dienone is 4. The van der Waals surface area contributed by atoms with E-state index in [0.29, 0.717) is 18.0 Å². The molecular weight excluding hydrogens is 390 g/mol. The molecule has 1 aromatic heterocycles. The van der Waals surface area contributed by atoms with Gasteiger partial charge in [0.15, 0.2) is 12.0 Å². The smallest absolute Gasteiger partial charge is 0.321 e. The number of sulfonamides is 1. The number of hydrogen-bond acceptors (Lipinski definition) is 6. The van der Waals surface area contributed by atoms with Gasteiger partial charge in [-0.3, -0.25) is 0 Å². The summed E-state index contributed by atoms with van der Waals surface area (Å²) in [5.41, 5.74) is 0.492. The molecule has 2 aliphatic carbocycles. The van der Waals surface area contributed by atoms with Crippen molar-refractivity contribution in [2.45, 2.75) is 63.4 Å².